The number of aromatic hydroxyl groups is 1. The number of benzene rings is 1. The summed E-state index contributed by atoms with van der Waals surface area (Å²) < 4.78 is 0. The van der Waals surface area contributed by atoms with E-state index in [1.165, 1.54) is 11.8 Å². The van der Waals surface area contributed by atoms with Crippen LogP contribution in [-0.2, 0) is 4.79 Å². The van der Waals surface area contributed by atoms with Gasteiger partial charge in [-0.2, -0.15) is 0 Å². The average Bonchev–Trinajstić information content (AvgIpc) is 2.34. The number of rotatable bonds is 7. The maximum absolute atomic E-state index is 11.8. The fourth-order valence-electron chi connectivity index (χ4n) is 1.69. The molecule has 4 heteroatoms. The van der Waals surface area contributed by atoms with Crippen LogP contribution in [0.15, 0.2) is 29.2 Å². The smallest absolute Gasteiger partial charge is 0.230 e. The average molecular weight is 281 g/mol. The second kappa shape index (κ2) is 8.10. The van der Waals surface area contributed by atoms with Crippen molar-refractivity contribution in [1.82, 2.24) is 5.32 Å². The molecule has 0 aromatic heterocycles. The minimum Gasteiger partial charge on any atom is -0.508 e. The first-order valence-electron chi connectivity index (χ1n) is 6.68. The first kappa shape index (κ1) is 15.9. The van der Waals surface area contributed by atoms with Crippen LogP contribution < -0.4 is 5.32 Å². The zero-order chi connectivity index (χ0) is 14.3. The predicted octanol–water partition coefficient (Wildman–Crippen LogP) is 3.43. The van der Waals surface area contributed by atoms with Gasteiger partial charge in [-0.15, -0.1) is 11.8 Å². The van der Waals surface area contributed by atoms with Gasteiger partial charge in [0.15, 0.2) is 0 Å². The van der Waals surface area contributed by atoms with Gasteiger partial charge in [0, 0.05) is 10.9 Å². The molecular formula is C15H23NO2S. The third kappa shape index (κ3) is 7.11. The maximum atomic E-state index is 11.8. The third-order valence-electron chi connectivity index (χ3n) is 2.77. The van der Waals surface area contributed by atoms with Gasteiger partial charge in [0.1, 0.15) is 5.75 Å². The Morgan fingerprint density at radius 3 is 2.68 bits per heavy atom. The molecule has 1 atom stereocenters. The predicted molar refractivity (Wildman–Crippen MR) is 80.5 cm³/mol. The van der Waals surface area contributed by atoms with E-state index in [1.807, 2.05) is 13.0 Å². The van der Waals surface area contributed by atoms with E-state index in [0.717, 1.165) is 17.7 Å². The Kier molecular flexibility index (Phi) is 6.78. The molecule has 19 heavy (non-hydrogen) atoms. The van der Waals surface area contributed by atoms with Crippen LogP contribution in [0, 0.1) is 5.92 Å². The summed E-state index contributed by atoms with van der Waals surface area (Å²) in [4.78, 5) is 12.7. The SMILES string of the molecule is CC(C)CCC(C)NC(=O)CSc1cccc(O)c1. The minimum atomic E-state index is 0.0459. The molecule has 0 heterocycles. The lowest BCUT2D eigenvalue weighted by Crippen LogP contribution is -2.33. The fraction of sp³-hybridized carbons (Fsp3) is 0.533. The molecule has 1 unspecified atom stereocenters. The van der Waals surface area contributed by atoms with Gasteiger partial charge in [-0.1, -0.05) is 19.9 Å². The highest BCUT2D eigenvalue weighted by Gasteiger charge is 2.08. The van der Waals surface area contributed by atoms with Crippen LogP contribution in [-0.4, -0.2) is 22.8 Å². The Morgan fingerprint density at radius 1 is 1.32 bits per heavy atom. The molecule has 1 aromatic carbocycles. The summed E-state index contributed by atoms with van der Waals surface area (Å²) in [7, 11) is 0. The highest BCUT2D eigenvalue weighted by atomic mass is 32.2. The Morgan fingerprint density at radius 2 is 2.05 bits per heavy atom. The topological polar surface area (TPSA) is 49.3 Å². The standard InChI is InChI=1S/C15H23NO2S/c1-11(2)7-8-12(3)16-15(18)10-19-14-6-4-5-13(17)9-14/h4-6,9,11-12,17H,7-8,10H2,1-3H3,(H,16,18). The van der Waals surface area contributed by atoms with Crippen molar-refractivity contribution in [1.29, 1.82) is 0 Å². The number of thioether (sulfide) groups is 1. The molecule has 0 saturated carbocycles. The number of carbonyl (C=O) groups is 1. The van der Waals surface area contributed by atoms with Gasteiger partial charge in [0.2, 0.25) is 5.91 Å². The molecule has 1 rings (SSSR count). The summed E-state index contributed by atoms with van der Waals surface area (Å²) in [6.07, 6.45) is 2.14. The van der Waals surface area contributed by atoms with Crippen LogP contribution >= 0.6 is 11.8 Å². The molecule has 2 N–H and O–H groups in total. The molecule has 0 bridgehead atoms. The molecule has 3 nitrogen and oxygen atoms in total. The van der Waals surface area contributed by atoms with Gasteiger partial charge in [0.25, 0.3) is 0 Å². The molecule has 0 saturated heterocycles. The lowest BCUT2D eigenvalue weighted by Gasteiger charge is -2.14. The van der Waals surface area contributed by atoms with Gasteiger partial charge in [-0.05, 0) is 43.9 Å². The van der Waals surface area contributed by atoms with Crippen LogP contribution in [0.1, 0.15) is 33.6 Å². The Balaban J connectivity index is 2.27. The van der Waals surface area contributed by atoms with Crippen molar-refractivity contribution >= 4 is 17.7 Å². The highest BCUT2D eigenvalue weighted by molar-refractivity contribution is 8.00. The van der Waals surface area contributed by atoms with Crippen molar-refractivity contribution in [3.05, 3.63) is 24.3 Å². The van der Waals surface area contributed by atoms with Crippen molar-refractivity contribution in [3.8, 4) is 5.75 Å². The van der Waals surface area contributed by atoms with E-state index in [4.69, 9.17) is 0 Å². The second-order valence-corrected chi connectivity index (χ2v) is 6.27. The molecule has 0 radical (unpaired) electrons. The van der Waals surface area contributed by atoms with Gasteiger partial charge in [-0.25, -0.2) is 0 Å². The van der Waals surface area contributed by atoms with Crippen LogP contribution in [0.25, 0.3) is 0 Å². The molecule has 0 spiro atoms. The monoisotopic (exact) mass is 281 g/mol. The zero-order valence-electron chi connectivity index (χ0n) is 11.8. The van der Waals surface area contributed by atoms with Crippen molar-refractivity contribution in [2.75, 3.05) is 5.75 Å². The van der Waals surface area contributed by atoms with Crippen LogP contribution in [0.2, 0.25) is 0 Å². The normalized spacial score (nSPS) is 12.4. The molecule has 106 valence electrons. The van der Waals surface area contributed by atoms with Crippen LogP contribution in [0.4, 0.5) is 0 Å². The third-order valence-corrected chi connectivity index (χ3v) is 3.77. The van der Waals surface area contributed by atoms with E-state index >= 15 is 0 Å². The maximum Gasteiger partial charge on any atom is 0.230 e. The zero-order valence-corrected chi connectivity index (χ0v) is 12.7. The Labute approximate surface area is 119 Å². The lowest BCUT2D eigenvalue weighted by molar-refractivity contribution is -0.119. The molecule has 0 aliphatic rings. The number of hydrogen-bond donors (Lipinski definition) is 2. The van der Waals surface area contributed by atoms with Gasteiger partial charge < -0.3 is 10.4 Å². The van der Waals surface area contributed by atoms with E-state index < -0.39 is 0 Å². The molecule has 0 fully saturated rings. The fourth-order valence-corrected chi connectivity index (χ4v) is 2.45. The highest BCUT2D eigenvalue weighted by Crippen LogP contribution is 2.21. The van der Waals surface area contributed by atoms with Gasteiger partial charge >= 0.3 is 0 Å². The van der Waals surface area contributed by atoms with Crippen molar-refractivity contribution < 1.29 is 9.90 Å². The number of amides is 1. The van der Waals surface area contributed by atoms with E-state index in [9.17, 15) is 9.90 Å². The van der Waals surface area contributed by atoms with Crippen molar-refractivity contribution in [2.45, 2.75) is 44.6 Å². The number of nitrogens with one attached hydrogen (secondary N) is 1. The Hall–Kier alpha value is -1.16. The first-order valence-corrected chi connectivity index (χ1v) is 7.67. The van der Waals surface area contributed by atoms with Crippen LogP contribution in [0.5, 0.6) is 5.75 Å². The van der Waals surface area contributed by atoms with E-state index in [0.29, 0.717) is 11.7 Å². The summed E-state index contributed by atoms with van der Waals surface area (Å²) in [5.74, 6) is 1.33. The number of hydrogen-bond acceptors (Lipinski definition) is 3. The largest absolute Gasteiger partial charge is 0.508 e. The van der Waals surface area contributed by atoms with E-state index in [2.05, 4.69) is 19.2 Å². The van der Waals surface area contributed by atoms with E-state index in [1.54, 1.807) is 18.2 Å². The summed E-state index contributed by atoms with van der Waals surface area (Å²) in [5, 5.41) is 12.3. The first-order chi connectivity index (χ1) is 8.97. The molecule has 0 aliphatic heterocycles. The summed E-state index contributed by atoms with van der Waals surface area (Å²) in [6, 6.07) is 7.18. The minimum absolute atomic E-state index is 0.0459. The van der Waals surface area contributed by atoms with Crippen molar-refractivity contribution in [2.24, 2.45) is 5.92 Å². The molecule has 1 amide bonds. The van der Waals surface area contributed by atoms with E-state index in [-0.39, 0.29) is 17.7 Å². The quantitative estimate of drug-likeness (QED) is 0.753. The molecular weight excluding hydrogens is 258 g/mol. The van der Waals surface area contributed by atoms with Crippen LogP contribution in [0.3, 0.4) is 0 Å². The molecule has 1 aromatic rings. The summed E-state index contributed by atoms with van der Waals surface area (Å²) in [5.41, 5.74) is 0. The molecule has 0 aliphatic carbocycles. The summed E-state index contributed by atoms with van der Waals surface area (Å²) in [6.45, 7) is 6.41. The lowest BCUT2D eigenvalue weighted by atomic mass is 10.0. The summed E-state index contributed by atoms with van der Waals surface area (Å²) >= 11 is 1.44. The van der Waals surface area contributed by atoms with Gasteiger partial charge in [-0.3, -0.25) is 4.79 Å². The number of phenols is 1. The Bertz CT molecular complexity index is 407. The number of phenolic OH excluding ortho intramolecular Hbond substituents is 1. The van der Waals surface area contributed by atoms with Gasteiger partial charge in [0.05, 0.1) is 5.75 Å². The van der Waals surface area contributed by atoms with Crippen molar-refractivity contribution in [3.63, 3.8) is 0 Å². The number of carbonyl (C=O) groups excluding carboxylic acids is 1. The second-order valence-electron chi connectivity index (χ2n) is 5.23.